The monoisotopic (exact) mass is 520 g/mol. The van der Waals surface area contributed by atoms with E-state index in [0.717, 1.165) is 23.5 Å². The molecule has 0 aromatic heterocycles. The van der Waals surface area contributed by atoms with E-state index in [2.05, 4.69) is 126 Å². The van der Waals surface area contributed by atoms with Crippen molar-refractivity contribution in [2.24, 2.45) is 0 Å². The molecule has 0 fully saturated rings. The lowest BCUT2D eigenvalue weighted by Crippen LogP contribution is -2.45. The molecule has 0 heterocycles. The highest BCUT2D eigenvalue weighted by Crippen LogP contribution is 2.49. The Labute approximate surface area is 214 Å². The third-order valence-electron chi connectivity index (χ3n) is 8.75. The second-order valence-corrected chi connectivity index (χ2v) is 28.8. The van der Waals surface area contributed by atoms with E-state index >= 15 is 0 Å². The van der Waals surface area contributed by atoms with Gasteiger partial charge in [-0.2, -0.15) is 0 Å². The van der Waals surface area contributed by atoms with Crippen LogP contribution in [0.3, 0.4) is 0 Å². The molecule has 1 aliphatic carbocycles. The standard InChI is InChI=1S/C28H52O3Si3/c1-26(2,3)32(10,11)29-22-19-20-24(31-34(14,15)28(7,8)9)25-21(22)17-16-18-23(25)30-33(12,13)27(4,5)6/h16-18,20,22H,19H2,1-15H3. The first-order valence-corrected chi connectivity index (χ1v) is 21.6. The molecule has 0 aliphatic heterocycles. The molecule has 6 heteroatoms. The van der Waals surface area contributed by atoms with E-state index in [4.69, 9.17) is 13.3 Å². The number of hydrogen-bond donors (Lipinski definition) is 0. The van der Waals surface area contributed by atoms with Gasteiger partial charge in [0.2, 0.25) is 8.32 Å². The van der Waals surface area contributed by atoms with Gasteiger partial charge in [-0.05, 0) is 78.5 Å². The molecule has 1 atom stereocenters. The summed E-state index contributed by atoms with van der Waals surface area (Å²) in [5, 5.41) is 0.396. The third-order valence-corrected chi connectivity index (χ3v) is 21.9. The Morgan fingerprint density at radius 1 is 0.676 bits per heavy atom. The van der Waals surface area contributed by atoms with Gasteiger partial charge >= 0.3 is 0 Å². The second-order valence-electron chi connectivity index (χ2n) is 14.6. The fourth-order valence-electron chi connectivity index (χ4n) is 3.20. The average molecular weight is 521 g/mol. The topological polar surface area (TPSA) is 27.7 Å². The van der Waals surface area contributed by atoms with Crippen LogP contribution in [0.15, 0.2) is 24.3 Å². The summed E-state index contributed by atoms with van der Waals surface area (Å²) in [5.41, 5.74) is 2.34. The van der Waals surface area contributed by atoms with Gasteiger partial charge in [0.1, 0.15) is 11.5 Å². The molecular weight excluding hydrogens is 469 g/mol. The Morgan fingerprint density at radius 2 is 1.15 bits per heavy atom. The molecule has 0 spiro atoms. The van der Waals surface area contributed by atoms with Crippen LogP contribution in [0.2, 0.25) is 54.4 Å². The van der Waals surface area contributed by atoms with Crippen molar-refractivity contribution in [3.8, 4) is 5.75 Å². The summed E-state index contributed by atoms with van der Waals surface area (Å²) in [6.45, 7) is 34.6. The van der Waals surface area contributed by atoms with Crippen molar-refractivity contribution in [2.75, 3.05) is 0 Å². The van der Waals surface area contributed by atoms with Gasteiger partial charge in [-0.25, -0.2) is 0 Å². The molecule has 1 aromatic carbocycles. The molecular formula is C28H52O3Si3. The first kappa shape index (κ1) is 29.4. The zero-order valence-corrected chi connectivity index (χ0v) is 27.8. The summed E-state index contributed by atoms with van der Waals surface area (Å²) >= 11 is 0. The van der Waals surface area contributed by atoms with Gasteiger partial charge in [-0.1, -0.05) is 74.4 Å². The zero-order valence-electron chi connectivity index (χ0n) is 24.8. The van der Waals surface area contributed by atoms with Crippen LogP contribution < -0.4 is 4.43 Å². The minimum Gasteiger partial charge on any atom is -0.543 e. The Bertz CT molecular complexity index is 910. The number of rotatable bonds is 6. The van der Waals surface area contributed by atoms with Gasteiger partial charge < -0.3 is 13.3 Å². The quantitative estimate of drug-likeness (QED) is 0.349. The lowest BCUT2D eigenvalue weighted by Gasteiger charge is -2.43. The summed E-state index contributed by atoms with van der Waals surface area (Å²) in [6.07, 6.45) is 3.15. The van der Waals surface area contributed by atoms with Crippen LogP contribution in [-0.2, 0) is 8.85 Å². The average Bonchev–Trinajstić information content (AvgIpc) is 2.60. The highest BCUT2D eigenvalue weighted by molar-refractivity contribution is 6.75. The highest BCUT2D eigenvalue weighted by atomic mass is 28.4. The predicted molar refractivity (Wildman–Crippen MR) is 156 cm³/mol. The van der Waals surface area contributed by atoms with Crippen LogP contribution in [0.4, 0.5) is 0 Å². The van der Waals surface area contributed by atoms with Crippen LogP contribution in [0.25, 0.3) is 5.76 Å². The molecule has 0 saturated heterocycles. The summed E-state index contributed by atoms with van der Waals surface area (Å²) < 4.78 is 20.9. The lowest BCUT2D eigenvalue weighted by molar-refractivity contribution is 0.183. The zero-order chi connectivity index (χ0) is 26.5. The molecule has 1 aliphatic rings. The van der Waals surface area contributed by atoms with Crippen LogP contribution in [0, 0.1) is 0 Å². The summed E-state index contributed by atoms with van der Waals surface area (Å²) in [4.78, 5) is 0. The third kappa shape index (κ3) is 6.11. The van der Waals surface area contributed by atoms with Crippen molar-refractivity contribution in [3.05, 3.63) is 35.4 Å². The molecule has 3 nitrogen and oxygen atoms in total. The maximum Gasteiger partial charge on any atom is 0.250 e. The summed E-state index contributed by atoms with van der Waals surface area (Å²) in [6, 6.07) is 6.50. The van der Waals surface area contributed by atoms with Crippen molar-refractivity contribution >= 4 is 30.7 Å². The molecule has 2 rings (SSSR count). The summed E-state index contributed by atoms with van der Waals surface area (Å²) in [7, 11) is -6.00. The predicted octanol–water partition coefficient (Wildman–Crippen LogP) is 9.90. The molecule has 1 unspecified atom stereocenters. The van der Waals surface area contributed by atoms with Gasteiger partial charge in [0, 0.05) is 0 Å². The summed E-state index contributed by atoms with van der Waals surface area (Å²) in [5.74, 6) is 1.95. The van der Waals surface area contributed by atoms with Crippen molar-refractivity contribution < 1.29 is 13.3 Å². The molecule has 0 bridgehead atoms. The minimum atomic E-state index is -2.03. The van der Waals surface area contributed by atoms with Crippen LogP contribution in [0.1, 0.15) is 86.0 Å². The Balaban J connectivity index is 2.63. The van der Waals surface area contributed by atoms with Crippen molar-refractivity contribution in [1.82, 2.24) is 0 Å². The molecule has 0 radical (unpaired) electrons. The number of benzene rings is 1. The Kier molecular flexibility index (Phi) is 7.99. The van der Waals surface area contributed by atoms with Crippen LogP contribution >= 0.6 is 0 Å². The SMILES string of the molecule is CC(C)(C)[Si](C)(C)OC1=CCC(O[Si](C)(C)C(C)(C)C)c2cccc(O[Si](C)(C)C(C)(C)C)c21. The van der Waals surface area contributed by atoms with Crippen molar-refractivity contribution in [1.29, 1.82) is 0 Å². The molecule has 1 aromatic rings. The maximum atomic E-state index is 6.97. The van der Waals surface area contributed by atoms with Crippen LogP contribution in [0.5, 0.6) is 5.75 Å². The first-order valence-electron chi connectivity index (χ1n) is 12.9. The smallest absolute Gasteiger partial charge is 0.250 e. The van der Waals surface area contributed by atoms with Crippen molar-refractivity contribution in [3.63, 3.8) is 0 Å². The Hall–Kier alpha value is -0.829. The molecule has 0 N–H and O–H groups in total. The van der Waals surface area contributed by atoms with E-state index in [9.17, 15) is 0 Å². The fourth-order valence-corrected chi connectivity index (χ4v) is 6.56. The molecule has 194 valence electrons. The lowest BCUT2D eigenvalue weighted by atomic mass is 9.93. The number of hydrogen-bond acceptors (Lipinski definition) is 3. The first-order chi connectivity index (χ1) is 15.0. The van der Waals surface area contributed by atoms with Gasteiger partial charge in [0.25, 0.3) is 8.32 Å². The fraction of sp³-hybridized carbons (Fsp3) is 0.714. The highest BCUT2D eigenvalue weighted by Gasteiger charge is 2.45. The van der Waals surface area contributed by atoms with Gasteiger partial charge in [-0.15, -0.1) is 0 Å². The second kappa shape index (κ2) is 9.24. The van der Waals surface area contributed by atoms with E-state index in [1.54, 1.807) is 0 Å². The van der Waals surface area contributed by atoms with E-state index in [-0.39, 0.29) is 21.2 Å². The van der Waals surface area contributed by atoms with Gasteiger partial charge in [-0.3, -0.25) is 0 Å². The van der Waals surface area contributed by atoms with E-state index in [0.29, 0.717) is 0 Å². The maximum absolute atomic E-state index is 6.97. The minimum absolute atomic E-state index is 0.0330. The largest absolute Gasteiger partial charge is 0.543 e. The molecule has 0 amide bonds. The van der Waals surface area contributed by atoms with Crippen LogP contribution in [-0.4, -0.2) is 25.0 Å². The van der Waals surface area contributed by atoms with Gasteiger partial charge in [0.15, 0.2) is 8.32 Å². The van der Waals surface area contributed by atoms with E-state index < -0.39 is 25.0 Å². The number of fused-ring (bicyclic) bond motifs is 1. The normalized spacial score (nSPS) is 18.3. The van der Waals surface area contributed by atoms with E-state index in [1.807, 2.05) is 0 Å². The van der Waals surface area contributed by atoms with E-state index in [1.165, 1.54) is 5.56 Å². The van der Waals surface area contributed by atoms with Gasteiger partial charge in [0.05, 0.1) is 11.7 Å². The van der Waals surface area contributed by atoms with Crippen molar-refractivity contribution in [2.45, 2.75) is 129 Å². The molecule has 34 heavy (non-hydrogen) atoms. The molecule has 0 saturated carbocycles. The Morgan fingerprint density at radius 3 is 1.62 bits per heavy atom.